The minimum atomic E-state index is -0.966. The number of anilines is 1. The minimum Gasteiger partial charge on any atom is -0.461 e. The Morgan fingerprint density at radius 1 is 1.43 bits per heavy atom. The van der Waals surface area contributed by atoms with Crippen LogP contribution >= 0.6 is 11.8 Å². The van der Waals surface area contributed by atoms with Gasteiger partial charge < -0.3 is 9.73 Å². The zero-order valence-electron chi connectivity index (χ0n) is 15.0. The van der Waals surface area contributed by atoms with Crippen molar-refractivity contribution < 1.29 is 18.5 Å². The summed E-state index contributed by atoms with van der Waals surface area (Å²) >= 11 is 1.18. The van der Waals surface area contributed by atoms with E-state index in [0.29, 0.717) is 23.3 Å². The van der Waals surface area contributed by atoms with Crippen LogP contribution in [0.2, 0.25) is 0 Å². The molecule has 1 aromatic carbocycles. The maximum atomic E-state index is 13.4. The van der Waals surface area contributed by atoms with Crippen molar-refractivity contribution in [2.45, 2.75) is 30.8 Å². The van der Waals surface area contributed by atoms with Crippen LogP contribution in [0, 0.1) is 15.9 Å². The predicted molar refractivity (Wildman–Crippen MR) is 100 cm³/mol. The van der Waals surface area contributed by atoms with Gasteiger partial charge in [-0.3, -0.25) is 19.5 Å². The second-order valence-corrected chi connectivity index (χ2v) is 7.01. The maximum absolute atomic E-state index is 13.4. The van der Waals surface area contributed by atoms with Gasteiger partial charge in [-0.05, 0) is 38.1 Å². The van der Waals surface area contributed by atoms with E-state index in [1.807, 2.05) is 11.5 Å². The molecule has 9 nitrogen and oxygen atoms in total. The number of carbonyl (C=O) groups is 1. The summed E-state index contributed by atoms with van der Waals surface area (Å²) in [7, 11) is 0. The van der Waals surface area contributed by atoms with Gasteiger partial charge in [-0.1, -0.05) is 11.8 Å². The number of nitro benzene ring substituents is 1. The molecule has 0 aliphatic heterocycles. The van der Waals surface area contributed by atoms with Crippen molar-refractivity contribution in [1.29, 1.82) is 0 Å². The standard InChI is InChI=1S/C17H16FN5O4S/c1-3-22-15(14-5-4-8-27-14)20-21-17(22)28-10(2)16(24)19-11-6-7-12(18)13(9-11)23(25)26/h4-10H,3H2,1-2H3,(H,19,24)/t10-/m1/s1. The Morgan fingerprint density at radius 2 is 2.21 bits per heavy atom. The first kappa shape index (κ1) is 19.5. The SMILES string of the molecule is CCn1c(S[C@H](C)C(=O)Nc2ccc(F)c([N+](=O)[O-])c2)nnc1-c1ccco1. The van der Waals surface area contributed by atoms with E-state index in [1.54, 1.807) is 19.1 Å². The van der Waals surface area contributed by atoms with Crippen LogP contribution in [-0.4, -0.2) is 30.8 Å². The number of rotatable bonds is 7. The van der Waals surface area contributed by atoms with Gasteiger partial charge >= 0.3 is 5.69 Å². The Balaban J connectivity index is 1.73. The third kappa shape index (κ3) is 4.03. The molecule has 1 atom stereocenters. The Hall–Kier alpha value is -3.21. The molecular weight excluding hydrogens is 389 g/mol. The van der Waals surface area contributed by atoms with Crippen molar-refractivity contribution in [3.63, 3.8) is 0 Å². The van der Waals surface area contributed by atoms with Crippen LogP contribution in [0.1, 0.15) is 13.8 Å². The normalized spacial score (nSPS) is 12.0. The summed E-state index contributed by atoms with van der Waals surface area (Å²) in [6.45, 7) is 4.16. The molecule has 2 heterocycles. The highest BCUT2D eigenvalue weighted by Crippen LogP contribution is 2.28. The molecule has 0 unspecified atom stereocenters. The Kier molecular flexibility index (Phi) is 5.73. The summed E-state index contributed by atoms with van der Waals surface area (Å²) in [4.78, 5) is 22.4. The van der Waals surface area contributed by atoms with Crippen molar-refractivity contribution in [2.24, 2.45) is 0 Å². The smallest absolute Gasteiger partial charge is 0.306 e. The van der Waals surface area contributed by atoms with E-state index in [4.69, 9.17) is 4.42 Å². The lowest BCUT2D eigenvalue weighted by Crippen LogP contribution is -2.23. The molecule has 28 heavy (non-hydrogen) atoms. The molecule has 1 amide bonds. The molecule has 0 bridgehead atoms. The lowest BCUT2D eigenvalue weighted by Gasteiger charge is -2.12. The number of thioether (sulfide) groups is 1. The van der Waals surface area contributed by atoms with Crippen LogP contribution in [0.5, 0.6) is 0 Å². The minimum absolute atomic E-state index is 0.138. The zero-order chi connectivity index (χ0) is 20.3. The van der Waals surface area contributed by atoms with E-state index >= 15 is 0 Å². The van der Waals surface area contributed by atoms with Crippen LogP contribution in [-0.2, 0) is 11.3 Å². The molecular formula is C17H16FN5O4S. The van der Waals surface area contributed by atoms with Gasteiger partial charge in [-0.2, -0.15) is 4.39 Å². The van der Waals surface area contributed by atoms with E-state index in [2.05, 4.69) is 15.5 Å². The fourth-order valence-electron chi connectivity index (χ4n) is 2.43. The molecule has 0 fully saturated rings. The first-order valence-corrected chi connectivity index (χ1v) is 9.17. The van der Waals surface area contributed by atoms with Gasteiger partial charge in [0.25, 0.3) is 0 Å². The van der Waals surface area contributed by atoms with Gasteiger partial charge in [-0.25, -0.2) is 0 Å². The molecule has 1 N–H and O–H groups in total. The zero-order valence-corrected chi connectivity index (χ0v) is 15.8. The number of carbonyl (C=O) groups excluding carboxylic acids is 1. The number of furan rings is 1. The highest BCUT2D eigenvalue weighted by molar-refractivity contribution is 8.00. The number of nitro groups is 1. The average Bonchev–Trinajstić information content (AvgIpc) is 3.32. The topological polar surface area (TPSA) is 116 Å². The van der Waals surface area contributed by atoms with Gasteiger partial charge in [0, 0.05) is 18.3 Å². The first-order valence-electron chi connectivity index (χ1n) is 8.29. The van der Waals surface area contributed by atoms with Crippen LogP contribution in [0.25, 0.3) is 11.6 Å². The molecule has 3 aromatic rings. The highest BCUT2D eigenvalue weighted by atomic mass is 32.2. The van der Waals surface area contributed by atoms with Crippen LogP contribution in [0.4, 0.5) is 15.8 Å². The van der Waals surface area contributed by atoms with Gasteiger partial charge in [0.05, 0.1) is 16.4 Å². The Bertz CT molecular complexity index is 1010. The molecule has 0 aliphatic rings. The van der Waals surface area contributed by atoms with E-state index in [1.165, 1.54) is 24.1 Å². The molecule has 0 saturated heterocycles. The molecule has 3 rings (SSSR count). The van der Waals surface area contributed by atoms with Crippen molar-refractivity contribution in [3.05, 3.63) is 52.5 Å². The fourth-order valence-corrected chi connectivity index (χ4v) is 3.35. The van der Waals surface area contributed by atoms with Crippen molar-refractivity contribution >= 4 is 29.0 Å². The lowest BCUT2D eigenvalue weighted by molar-refractivity contribution is -0.387. The van der Waals surface area contributed by atoms with E-state index < -0.39 is 27.6 Å². The third-order valence-electron chi connectivity index (χ3n) is 3.84. The summed E-state index contributed by atoms with van der Waals surface area (Å²) in [5.41, 5.74) is -0.564. The van der Waals surface area contributed by atoms with Gasteiger partial charge in [0.2, 0.25) is 11.7 Å². The first-order chi connectivity index (χ1) is 13.4. The number of benzene rings is 1. The molecule has 0 saturated carbocycles. The molecule has 0 radical (unpaired) electrons. The summed E-state index contributed by atoms with van der Waals surface area (Å²) in [5.74, 6) is -0.253. The van der Waals surface area contributed by atoms with Crippen LogP contribution in [0.3, 0.4) is 0 Å². The predicted octanol–water partition coefficient (Wildman–Crippen LogP) is 3.72. The number of halogens is 1. The van der Waals surface area contributed by atoms with Crippen LogP contribution in [0.15, 0.2) is 46.2 Å². The maximum Gasteiger partial charge on any atom is 0.306 e. The van der Waals surface area contributed by atoms with Gasteiger partial charge in [0.15, 0.2) is 16.7 Å². The molecule has 11 heteroatoms. The monoisotopic (exact) mass is 405 g/mol. The highest BCUT2D eigenvalue weighted by Gasteiger charge is 2.22. The second-order valence-electron chi connectivity index (χ2n) is 5.70. The van der Waals surface area contributed by atoms with Crippen molar-refractivity contribution in [3.8, 4) is 11.6 Å². The van der Waals surface area contributed by atoms with E-state index in [-0.39, 0.29) is 5.69 Å². The fraction of sp³-hybridized carbons (Fsp3) is 0.235. The number of hydrogen-bond donors (Lipinski definition) is 1. The third-order valence-corrected chi connectivity index (χ3v) is 4.92. The second kappa shape index (κ2) is 8.21. The average molecular weight is 405 g/mol. The van der Waals surface area contributed by atoms with Crippen molar-refractivity contribution in [2.75, 3.05) is 5.32 Å². The van der Waals surface area contributed by atoms with Gasteiger partial charge in [0.1, 0.15) is 0 Å². The number of aromatic nitrogens is 3. The van der Waals surface area contributed by atoms with E-state index in [0.717, 1.165) is 12.1 Å². The number of nitrogens with zero attached hydrogens (tertiary/aromatic N) is 4. The summed E-state index contributed by atoms with van der Waals surface area (Å²) < 4.78 is 20.6. The molecule has 0 spiro atoms. The summed E-state index contributed by atoms with van der Waals surface area (Å²) in [6.07, 6.45) is 1.54. The quantitative estimate of drug-likeness (QED) is 0.362. The van der Waals surface area contributed by atoms with E-state index in [9.17, 15) is 19.3 Å². The van der Waals surface area contributed by atoms with Crippen LogP contribution < -0.4 is 5.32 Å². The van der Waals surface area contributed by atoms with Gasteiger partial charge in [-0.15, -0.1) is 10.2 Å². The molecule has 0 aliphatic carbocycles. The summed E-state index contributed by atoms with van der Waals surface area (Å²) in [5, 5.41) is 21.6. The van der Waals surface area contributed by atoms with Crippen molar-refractivity contribution in [1.82, 2.24) is 14.8 Å². The number of nitrogens with one attached hydrogen (secondary N) is 1. The Labute approximate surface area is 163 Å². The Morgan fingerprint density at radius 3 is 2.86 bits per heavy atom. The summed E-state index contributed by atoms with van der Waals surface area (Å²) in [6, 6.07) is 6.70. The largest absolute Gasteiger partial charge is 0.461 e. The number of amides is 1. The molecule has 146 valence electrons. The number of hydrogen-bond acceptors (Lipinski definition) is 7. The lowest BCUT2D eigenvalue weighted by atomic mass is 10.2. The molecule has 2 aromatic heterocycles.